The van der Waals surface area contributed by atoms with E-state index in [0.717, 1.165) is 25.7 Å². The van der Waals surface area contributed by atoms with E-state index < -0.39 is 11.9 Å². The molecule has 0 fully saturated rings. The van der Waals surface area contributed by atoms with Gasteiger partial charge in [0, 0.05) is 11.9 Å². The maximum atomic E-state index is 11.1. The second kappa shape index (κ2) is 6.94. The Bertz CT molecular complexity index is 343. The van der Waals surface area contributed by atoms with Crippen LogP contribution in [0.25, 0.3) is 0 Å². The van der Waals surface area contributed by atoms with Crippen LogP contribution in [0.15, 0.2) is 24.3 Å². The maximum Gasteiger partial charge on any atom is 0.115 e. The van der Waals surface area contributed by atoms with Gasteiger partial charge in [-0.25, -0.2) is 0 Å². The molecule has 1 unspecified atom stereocenters. The number of aliphatic carboxylic acids is 1. The van der Waals surface area contributed by atoms with E-state index in [1.54, 1.807) is 12.1 Å². The number of carboxylic acids is 1. The molecule has 1 atom stereocenters. The second-order valence-corrected chi connectivity index (χ2v) is 4.31. The van der Waals surface area contributed by atoms with Crippen molar-refractivity contribution in [2.24, 2.45) is 0 Å². The number of rotatable bonds is 7. The smallest absolute Gasteiger partial charge is 0.115 e. The van der Waals surface area contributed by atoms with Gasteiger partial charge in [0.05, 0.1) is 0 Å². The van der Waals surface area contributed by atoms with Crippen molar-refractivity contribution in [1.82, 2.24) is 0 Å². The van der Waals surface area contributed by atoms with Crippen molar-refractivity contribution in [3.05, 3.63) is 29.8 Å². The Kier molecular flexibility index (Phi) is 5.53. The highest BCUT2D eigenvalue weighted by Gasteiger charge is 2.12. The first-order valence-electron chi connectivity index (χ1n) is 6.15. The number of phenols is 1. The molecular formula is C14H19O3-. The first-order chi connectivity index (χ1) is 8.15. The summed E-state index contributed by atoms with van der Waals surface area (Å²) in [4.78, 5) is 11.1. The van der Waals surface area contributed by atoms with Gasteiger partial charge in [-0.05, 0) is 24.1 Å². The first kappa shape index (κ1) is 13.6. The molecule has 0 amide bonds. The van der Waals surface area contributed by atoms with Gasteiger partial charge in [-0.1, -0.05) is 44.7 Å². The molecule has 3 heteroatoms. The van der Waals surface area contributed by atoms with Crippen LogP contribution in [-0.2, 0) is 4.79 Å². The quantitative estimate of drug-likeness (QED) is 0.737. The number of hydrogen-bond acceptors (Lipinski definition) is 3. The molecule has 0 aromatic heterocycles. The molecule has 1 rings (SSSR count). The van der Waals surface area contributed by atoms with Crippen molar-refractivity contribution in [2.45, 2.75) is 44.9 Å². The Labute approximate surface area is 102 Å². The van der Waals surface area contributed by atoms with Crippen LogP contribution in [0.2, 0.25) is 0 Å². The molecule has 17 heavy (non-hydrogen) atoms. The lowest BCUT2D eigenvalue weighted by Crippen LogP contribution is -2.29. The SMILES string of the molecule is CCCCCCC(C(=O)[O-])c1ccc(O)cc1. The lowest BCUT2D eigenvalue weighted by atomic mass is 9.93. The van der Waals surface area contributed by atoms with Crippen molar-refractivity contribution in [3.8, 4) is 5.75 Å². The van der Waals surface area contributed by atoms with Gasteiger partial charge in [0.25, 0.3) is 0 Å². The summed E-state index contributed by atoms with van der Waals surface area (Å²) in [6, 6.07) is 6.32. The molecule has 0 saturated heterocycles. The number of phenolic OH excluding ortho intramolecular Hbond substituents is 1. The number of unbranched alkanes of at least 4 members (excludes halogenated alkanes) is 3. The molecular weight excluding hydrogens is 216 g/mol. The lowest BCUT2D eigenvalue weighted by Gasteiger charge is -2.18. The van der Waals surface area contributed by atoms with Crippen LogP contribution in [0, 0.1) is 0 Å². The molecule has 0 heterocycles. The van der Waals surface area contributed by atoms with E-state index in [4.69, 9.17) is 5.11 Å². The third kappa shape index (κ3) is 4.47. The molecule has 0 aliphatic rings. The fourth-order valence-electron chi connectivity index (χ4n) is 1.90. The summed E-state index contributed by atoms with van der Waals surface area (Å²) in [7, 11) is 0. The van der Waals surface area contributed by atoms with Crippen LogP contribution < -0.4 is 5.11 Å². The predicted octanol–water partition coefficient (Wildman–Crippen LogP) is 2.20. The minimum absolute atomic E-state index is 0.150. The zero-order chi connectivity index (χ0) is 12.7. The van der Waals surface area contributed by atoms with Crippen molar-refractivity contribution < 1.29 is 15.0 Å². The summed E-state index contributed by atoms with van der Waals surface area (Å²) in [5.74, 6) is -1.45. The van der Waals surface area contributed by atoms with E-state index in [1.807, 2.05) is 0 Å². The fourth-order valence-corrected chi connectivity index (χ4v) is 1.90. The van der Waals surface area contributed by atoms with Crippen molar-refractivity contribution in [2.75, 3.05) is 0 Å². The number of hydrogen-bond donors (Lipinski definition) is 1. The van der Waals surface area contributed by atoms with E-state index in [-0.39, 0.29) is 5.75 Å². The first-order valence-corrected chi connectivity index (χ1v) is 6.15. The van der Waals surface area contributed by atoms with Crippen molar-refractivity contribution >= 4 is 5.97 Å². The van der Waals surface area contributed by atoms with Crippen LogP contribution >= 0.6 is 0 Å². The predicted molar refractivity (Wildman–Crippen MR) is 64.6 cm³/mol. The molecule has 94 valence electrons. The molecule has 1 aromatic carbocycles. The highest BCUT2D eigenvalue weighted by atomic mass is 16.4. The van der Waals surface area contributed by atoms with Crippen LogP contribution in [0.1, 0.15) is 50.5 Å². The number of carbonyl (C=O) groups is 1. The van der Waals surface area contributed by atoms with Crippen LogP contribution in [0.3, 0.4) is 0 Å². The van der Waals surface area contributed by atoms with E-state index >= 15 is 0 Å². The standard InChI is InChI=1S/C14H20O3/c1-2-3-4-5-6-13(14(16)17)11-7-9-12(15)10-8-11/h7-10,13,15H,2-6H2,1H3,(H,16,17)/p-1. The van der Waals surface area contributed by atoms with Crippen LogP contribution in [0.5, 0.6) is 5.75 Å². The van der Waals surface area contributed by atoms with Gasteiger partial charge in [-0.2, -0.15) is 0 Å². The summed E-state index contributed by atoms with van der Waals surface area (Å²) in [6.45, 7) is 2.12. The zero-order valence-electron chi connectivity index (χ0n) is 10.2. The summed E-state index contributed by atoms with van der Waals surface area (Å²) in [5, 5.41) is 20.2. The highest BCUT2D eigenvalue weighted by Crippen LogP contribution is 2.24. The lowest BCUT2D eigenvalue weighted by molar-refractivity contribution is -0.308. The van der Waals surface area contributed by atoms with Gasteiger partial charge in [-0.3, -0.25) is 0 Å². The topological polar surface area (TPSA) is 60.4 Å². The second-order valence-electron chi connectivity index (χ2n) is 4.31. The molecule has 1 N–H and O–H groups in total. The van der Waals surface area contributed by atoms with Gasteiger partial charge in [0.1, 0.15) is 5.75 Å². The fraction of sp³-hybridized carbons (Fsp3) is 0.500. The Morgan fingerprint density at radius 1 is 1.24 bits per heavy atom. The number of carbonyl (C=O) groups excluding carboxylic acids is 1. The van der Waals surface area contributed by atoms with Crippen molar-refractivity contribution in [3.63, 3.8) is 0 Å². The molecule has 0 aliphatic heterocycles. The minimum Gasteiger partial charge on any atom is -0.549 e. The highest BCUT2D eigenvalue weighted by molar-refractivity contribution is 5.74. The van der Waals surface area contributed by atoms with Gasteiger partial charge in [0.15, 0.2) is 0 Å². The monoisotopic (exact) mass is 235 g/mol. The largest absolute Gasteiger partial charge is 0.549 e. The number of aromatic hydroxyl groups is 1. The van der Waals surface area contributed by atoms with Crippen molar-refractivity contribution in [1.29, 1.82) is 0 Å². The molecule has 0 saturated carbocycles. The Hall–Kier alpha value is -1.51. The Balaban J connectivity index is 2.59. The van der Waals surface area contributed by atoms with Gasteiger partial charge in [0.2, 0.25) is 0 Å². The maximum absolute atomic E-state index is 11.1. The van der Waals surface area contributed by atoms with Crippen LogP contribution in [-0.4, -0.2) is 11.1 Å². The third-order valence-electron chi connectivity index (χ3n) is 2.93. The summed E-state index contributed by atoms with van der Waals surface area (Å²) < 4.78 is 0. The summed E-state index contributed by atoms with van der Waals surface area (Å²) in [5.41, 5.74) is 0.708. The number of benzene rings is 1. The van der Waals surface area contributed by atoms with E-state index in [2.05, 4.69) is 6.92 Å². The van der Waals surface area contributed by atoms with Gasteiger partial charge < -0.3 is 15.0 Å². The molecule has 3 nitrogen and oxygen atoms in total. The normalized spacial score (nSPS) is 12.3. The Morgan fingerprint density at radius 2 is 1.88 bits per heavy atom. The zero-order valence-corrected chi connectivity index (χ0v) is 10.2. The minimum atomic E-state index is -1.04. The van der Waals surface area contributed by atoms with Gasteiger partial charge in [-0.15, -0.1) is 0 Å². The van der Waals surface area contributed by atoms with E-state index in [1.165, 1.54) is 12.1 Å². The molecule has 0 aliphatic carbocycles. The molecule has 0 radical (unpaired) electrons. The van der Waals surface area contributed by atoms with E-state index in [0.29, 0.717) is 12.0 Å². The summed E-state index contributed by atoms with van der Waals surface area (Å²) >= 11 is 0. The average molecular weight is 235 g/mol. The summed E-state index contributed by atoms with van der Waals surface area (Å²) in [6.07, 6.45) is 4.82. The Morgan fingerprint density at radius 3 is 2.41 bits per heavy atom. The molecule has 0 spiro atoms. The molecule has 1 aromatic rings. The molecule has 0 bridgehead atoms. The third-order valence-corrected chi connectivity index (χ3v) is 2.93. The van der Waals surface area contributed by atoms with Gasteiger partial charge >= 0.3 is 0 Å². The average Bonchev–Trinajstić information content (AvgIpc) is 2.30. The number of carboxylic acid groups (broad SMARTS) is 1. The van der Waals surface area contributed by atoms with Crippen LogP contribution in [0.4, 0.5) is 0 Å². The van der Waals surface area contributed by atoms with E-state index in [9.17, 15) is 9.90 Å².